The smallest absolute Gasteiger partial charge is 0.285 e. The van der Waals surface area contributed by atoms with Gasteiger partial charge in [0.2, 0.25) is 12.6 Å². The fraction of sp³-hybridized carbons (Fsp3) is 0.133. The van der Waals surface area contributed by atoms with E-state index in [-0.39, 0.29) is 24.2 Å². The Bertz CT molecular complexity index is 682. The summed E-state index contributed by atoms with van der Waals surface area (Å²) in [7, 11) is 0. The number of amides is 2. The molecule has 0 aromatic heterocycles. The minimum Gasteiger partial charge on any atom is -0.320 e. The summed E-state index contributed by atoms with van der Waals surface area (Å²) in [6.45, 7) is 1.86. The normalized spacial score (nSPS) is 16.3. The molecule has 0 atom stereocenters. The largest absolute Gasteiger partial charge is 0.320 e. The van der Waals surface area contributed by atoms with E-state index in [2.05, 4.69) is 10.3 Å². The molecule has 22 heavy (non-hydrogen) atoms. The number of nitrogens with one attached hydrogen (secondary N) is 1. The van der Waals surface area contributed by atoms with Crippen LogP contribution in [0.1, 0.15) is 6.92 Å². The Labute approximate surface area is 134 Å². The van der Waals surface area contributed by atoms with Gasteiger partial charge in [0.15, 0.2) is 11.9 Å². The van der Waals surface area contributed by atoms with Gasteiger partial charge in [-0.1, -0.05) is 23.1 Å². The van der Waals surface area contributed by atoms with Gasteiger partial charge in [-0.2, -0.15) is 4.99 Å². The molecule has 0 bridgehead atoms. The summed E-state index contributed by atoms with van der Waals surface area (Å²) in [5.74, 6) is 0.331. The molecule has 6 nitrogen and oxygen atoms in total. The lowest BCUT2D eigenvalue weighted by Crippen LogP contribution is -2.43. The molecule has 0 saturated carbocycles. The minimum absolute atomic E-state index is 0. The third-order valence-electron chi connectivity index (χ3n) is 3.18. The molecule has 1 aromatic rings. The van der Waals surface area contributed by atoms with Crippen LogP contribution >= 0.6 is 12.4 Å². The zero-order valence-electron chi connectivity index (χ0n) is 11.9. The molecule has 0 aliphatic carbocycles. The van der Waals surface area contributed by atoms with Crippen molar-refractivity contribution < 1.29 is 9.59 Å². The van der Waals surface area contributed by atoms with Crippen molar-refractivity contribution >= 4 is 35.7 Å². The summed E-state index contributed by atoms with van der Waals surface area (Å²) in [6, 6.07) is 9.20. The lowest BCUT2D eigenvalue weighted by molar-refractivity contribution is -0.126. The number of fused-ring (bicyclic) bond motifs is 1. The summed E-state index contributed by atoms with van der Waals surface area (Å²) < 4.78 is 0. The molecule has 1 aromatic carbocycles. The Morgan fingerprint density at radius 3 is 2.68 bits per heavy atom. The number of hydrogen-bond donors (Lipinski definition) is 1. The number of rotatable bonds is 2. The predicted molar refractivity (Wildman–Crippen MR) is 86.5 cm³/mol. The number of hydrogen-bond acceptors (Lipinski definition) is 4. The minimum atomic E-state index is -0.272. The molecule has 2 amide bonds. The van der Waals surface area contributed by atoms with Gasteiger partial charge in [-0.3, -0.25) is 14.5 Å². The molecule has 0 saturated heterocycles. The second kappa shape index (κ2) is 6.55. The van der Waals surface area contributed by atoms with Crippen molar-refractivity contribution in [1.82, 2.24) is 9.80 Å². The van der Waals surface area contributed by atoms with Crippen LogP contribution in [0.15, 0.2) is 59.5 Å². The van der Waals surface area contributed by atoms with Crippen LogP contribution in [-0.4, -0.2) is 29.2 Å². The van der Waals surface area contributed by atoms with E-state index in [0.29, 0.717) is 18.2 Å². The highest BCUT2D eigenvalue weighted by Crippen LogP contribution is 2.17. The summed E-state index contributed by atoms with van der Waals surface area (Å²) in [5, 5.41) is 2.78. The van der Waals surface area contributed by atoms with E-state index in [1.165, 1.54) is 6.92 Å². The van der Waals surface area contributed by atoms with E-state index in [0.717, 1.165) is 5.69 Å². The summed E-state index contributed by atoms with van der Waals surface area (Å²) in [4.78, 5) is 31.1. The van der Waals surface area contributed by atoms with Crippen LogP contribution < -0.4 is 10.2 Å². The van der Waals surface area contributed by atoms with Gasteiger partial charge in [0.05, 0.1) is 0 Å². The van der Waals surface area contributed by atoms with Gasteiger partial charge >= 0.3 is 0 Å². The lowest BCUT2D eigenvalue weighted by Gasteiger charge is -2.18. The molecule has 2 aliphatic heterocycles. The number of halogens is 1. The van der Waals surface area contributed by atoms with Crippen LogP contribution in [-0.2, 0) is 9.59 Å². The third-order valence-corrected chi connectivity index (χ3v) is 3.18. The van der Waals surface area contributed by atoms with E-state index in [1.807, 2.05) is 30.3 Å². The maximum absolute atomic E-state index is 12.2. The van der Waals surface area contributed by atoms with Crippen molar-refractivity contribution in [3.8, 4) is 0 Å². The first kappa shape index (κ1) is 15.9. The van der Waals surface area contributed by atoms with E-state index in [4.69, 9.17) is 0 Å². The van der Waals surface area contributed by atoms with Gasteiger partial charge < -0.3 is 5.32 Å². The molecule has 0 unspecified atom stereocenters. The summed E-state index contributed by atoms with van der Waals surface area (Å²) >= 11 is 0. The Hall–Kier alpha value is -2.44. The van der Waals surface area contributed by atoms with Crippen molar-refractivity contribution in [1.29, 1.82) is 0 Å². The number of aliphatic imine (C=N–C) groups is 1. The molecule has 3 rings (SSSR count). The third kappa shape index (κ3) is 3.24. The molecule has 7 heteroatoms. The average molecular weight is 319 g/mol. The Morgan fingerprint density at radius 1 is 1.27 bits per heavy atom. The van der Waals surface area contributed by atoms with E-state index >= 15 is 0 Å². The zero-order valence-corrected chi connectivity index (χ0v) is 12.7. The molecule has 2 heterocycles. The van der Waals surface area contributed by atoms with Gasteiger partial charge in [0.25, 0.3) is 11.7 Å². The standard InChI is InChI=1S/C15H14N4O2.ClH/c1-11(20)18-8-7-14-17-13(9-19(14)10-18)15(21)16-12-5-3-2-4-6-12;/h2-9H,10H2,1H3,(H,16,21);1H/q+1;. The van der Waals surface area contributed by atoms with Crippen LogP contribution in [0.2, 0.25) is 0 Å². The van der Waals surface area contributed by atoms with Crippen LogP contribution in [0.5, 0.6) is 0 Å². The van der Waals surface area contributed by atoms with Crippen molar-refractivity contribution in [3.05, 3.63) is 54.5 Å². The first-order valence-electron chi connectivity index (χ1n) is 6.52. The summed E-state index contributed by atoms with van der Waals surface area (Å²) in [6.07, 6.45) is 5.03. The number of amidine groups is 1. The highest BCUT2D eigenvalue weighted by Gasteiger charge is 2.35. The topological polar surface area (TPSA) is 67.7 Å². The molecule has 113 valence electrons. The zero-order chi connectivity index (χ0) is 14.8. The first-order chi connectivity index (χ1) is 10.1. The quantitative estimate of drug-likeness (QED) is 0.844. The van der Waals surface area contributed by atoms with Crippen LogP contribution in [0.4, 0.5) is 5.69 Å². The first-order valence-corrected chi connectivity index (χ1v) is 6.52. The Balaban J connectivity index is 0.00000176. The number of carbonyl (C=O) groups is 2. The van der Waals surface area contributed by atoms with E-state index in [1.54, 1.807) is 28.3 Å². The number of anilines is 1. The number of para-hydroxylation sites is 1. The molecule has 0 spiro atoms. The molecule has 1 radical (unpaired) electrons. The molecular weight excluding hydrogens is 304 g/mol. The fourth-order valence-corrected chi connectivity index (χ4v) is 2.08. The number of carbonyl (C=O) groups excluding carboxylic acids is 2. The fourth-order valence-electron chi connectivity index (χ4n) is 2.08. The second-order valence-electron chi connectivity index (χ2n) is 4.72. The van der Waals surface area contributed by atoms with Crippen molar-refractivity contribution in [2.24, 2.45) is 4.99 Å². The van der Waals surface area contributed by atoms with Gasteiger partial charge in [0.1, 0.15) is 0 Å². The number of benzene rings is 1. The van der Waals surface area contributed by atoms with Crippen LogP contribution in [0.25, 0.3) is 0 Å². The van der Waals surface area contributed by atoms with Crippen molar-refractivity contribution in [3.63, 3.8) is 0 Å². The highest BCUT2D eigenvalue weighted by molar-refractivity contribution is 6.10. The maximum Gasteiger partial charge on any atom is 0.285 e. The van der Waals surface area contributed by atoms with Crippen LogP contribution in [0, 0.1) is 0 Å². The maximum atomic E-state index is 12.2. The van der Waals surface area contributed by atoms with Crippen molar-refractivity contribution in [2.45, 2.75) is 6.92 Å². The van der Waals surface area contributed by atoms with Crippen LogP contribution in [0.3, 0.4) is 0 Å². The van der Waals surface area contributed by atoms with Gasteiger partial charge in [-0.05, 0) is 12.1 Å². The molecule has 0 fully saturated rings. The monoisotopic (exact) mass is 318 g/mol. The predicted octanol–water partition coefficient (Wildman–Crippen LogP) is 1.77. The van der Waals surface area contributed by atoms with Gasteiger partial charge in [-0.25, -0.2) is 0 Å². The SMILES string of the molecule is CC(=O)N1C=CC2=NC(C(=O)Nc3ccccc3)=C[N+]2C1.Cl. The lowest BCUT2D eigenvalue weighted by atomic mass is 10.3. The summed E-state index contributed by atoms with van der Waals surface area (Å²) in [5.41, 5.74) is 1.04. The Morgan fingerprint density at radius 2 is 2.00 bits per heavy atom. The van der Waals surface area contributed by atoms with Gasteiger partial charge in [0, 0.05) is 24.9 Å². The molecular formula is C15H15ClN4O2+. The van der Waals surface area contributed by atoms with Gasteiger partial charge in [-0.15, -0.1) is 12.4 Å². The Kier molecular flexibility index (Phi) is 4.75. The average Bonchev–Trinajstić information content (AvgIpc) is 2.91. The highest BCUT2D eigenvalue weighted by atomic mass is 35.5. The second-order valence-corrected chi connectivity index (χ2v) is 4.72. The molecule has 2 aliphatic rings. The van der Waals surface area contributed by atoms with E-state index in [9.17, 15) is 9.59 Å². The van der Waals surface area contributed by atoms with Crippen molar-refractivity contribution in [2.75, 3.05) is 12.0 Å². The number of nitrogens with zero attached hydrogens (tertiary/aromatic N) is 3. The van der Waals surface area contributed by atoms with E-state index < -0.39 is 0 Å². The molecule has 1 N–H and O–H groups in total.